The first-order chi connectivity index (χ1) is 21.2. The highest BCUT2D eigenvalue weighted by molar-refractivity contribution is 6.78. The van der Waals surface area contributed by atoms with Gasteiger partial charge in [-0.25, -0.2) is 22.0 Å². The van der Waals surface area contributed by atoms with Crippen molar-refractivity contribution in [3.63, 3.8) is 0 Å². The van der Waals surface area contributed by atoms with Crippen LogP contribution in [0.2, 0.25) is 41.8 Å². The van der Waals surface area contributed by atoms with Crippen molar-refractivity contribution in [2.75, 3.05) is 0 Å². The van der Waals surface area contributed by atoms with Crippen LogP contribution in [-0.2, 0) is 0 Å². The molecule has 0 amide bonds. The van der Waals surface area contributed by atoms with Crippen molar-refractivity contribution in [1.82, 2.24) is 0 Å². The van der Waals surface area contributed by atoms with Crippen molar-refractivity contribution in [3.8, 4) is 5.75 Å². The molecule has 9 heteroatoms. The van der Waals surface area contributed by atoms with Crippen LogP contribution in [0.25, 0.3) is 10.8 Å². The monoisotopic (exact) mass is 675 g/mol. The molecule has 2 aromatic rings. The lowest BCUT2D eigenvalue weighted by Crippen LogP contribution is -2.50. The molecule has 0 heterocycles. The van der Waals surface area contributed by atoms with Crippen molar-refractivity contribution in [2.24, 2.45) is 0 Å². The summed E-state index contributed by atoms with van der Waals surface area (Å²) in [4.78, 5) is 0. The number of hydrogen-bond donors (Lipinski definition) is 0. The second-order valence-electron chi connectivity index (χ2n) is 14.4. The summed E-state index contributed by atoms with van der Waals surface area (Å²) in [5, 5.41) is -3.09. The van der Waals surface area contributed by atoms with E-state index in [-0.39, 0.29) is 0 Å². The minimum atomic E-state index is -3.10. The molecule has 0 saturated heterocycles. The van der Waals surface area contributed by atoms with Crippen LogP contribution in [0.3, 0.4) is 0 Å². The molecule has 0 aromatic heterocycles. The Balaban J connectivity index is 2.31. The normalized spacial score (nSPS) is 13.9. The minimum Gasteiger partial charge on any atom is -0.539 e. The molecule has 2 aromatic carbocycles. The van der Waals surface area contributed by atoms with Gasteiger partial charge in [-0.05, 0) is 17.1 Å². The number of halogens is 6. The molecule has 1 atom stereocenters. The van der Waals surface area contributed by atoms with Gasteiger partial charge in [0.1, 0.15) is 5.82 Å². The third kappa shape index (κ3) is 10.5. The number of hydrogen-bond acceptors (Lipinski definition) is 1. The van der Waals surface area contributed by atoms with E-state index in [1.54, 1.807) is 0 Å². The summed E-state index contributed by atoms with van der Waals surface area (Å²) in [6.45, 7) is 15.2. The lowest BCUT2D eigenvalue weighted by atomic mass is 10.1. The average molecular weight is 676 g/mol. The Bertz CT molecular complexity index is 1210. The Kier molecular flexibility index (Phi) is 16.0. The molecule has 45 heavy (non-hydrogen) atoms. The first kappa shape index (κ1) is 39.7. The zero-order valence-corrected chi connectivity index (χ0v) is 30.9. The second kappa shape index (κ2) is 18.2. The van der Waals surface area contributed by atoms with Crippen LogP contribution < -0.4 is 4.43 Å². The van der Waals surface area contributed by atoms with Gasteiger partial charge in [0.05, 0.1) is 16.8 Å². The molecule has 1 radical (unpaired) electrons. The summed E-state index contributed by atoms with van der Waals surface area (Å²) in [6, 6.07) is 6.55. The van der Waals surface area contributed by atoms with E-state index in [9.17, 15) is 13.2 Å². The maximum atomic E-state index is 15.8. The van der Waals surface area contributed by atoms with Gasteiger partial charge in [-0.2, -0.15) is 4.39 Å². The highest BCUT2D eigenvalue weighted by Gasteiger charge is 2.48. The lowest BCUT2D eigenvalue weighted by Gasteiger charge is -2.43. The van der Waals surface area contributed by atoms with E-state index in [0.717, 1.165) is 64.2 Å². The van der Waals surface area contributed by atoms with Crippen LogP contribution in [-0.4, -0.2) is 16.4 Å². The SMILES string of the molecule is CCCCCCCCC[Si](CCCCCCCC[Si](C)(CC)CC)(Oc1c(F)c(F)c2c(F)[c]c(F)c(F)c2c1F)C(C)(C)C. The van der Waals surface area contributed by atoms with E-state index in [1.807, 2.05) is 20.8 Å². The predicted octanol–water partition coefficient (Wildman–Crippen LogP) is 13.8. The number of benzene rings is 2. The fourth-order valence-electron chi connectivity index (χ4n) is 6.43. The van der Waals surface area contributed by atoms with Gasteiger partial charge < -0.3 is 4.43 Å². The summed E-state index contributed by atoms with van der Waals surface area (Å²) in [7, 11) is -4.19. The predicted molar refractivity (Wildman–Crippen MR) is 181 cm³/mol. The zero-order valence-electron chi connectivity index (χ0n) is 28.9. The Hall–Kier alpha value is -1.49. The smallest absolute Gasteiger partial charge is 0.256 e. The summed E-state index contributed by atoms with van der Waals surface area (Å²) < 4.78 is 95.9. The van der Waals surface area contributed by atoms with E-state index in [1.165, 1.54) is 43.5 Å². The van der Waals surface area contributed by atoms with Crippen molar-refractivity contribution < 1.29 is 30.8 Å². The third-order valence-corrected chi connectivity index (χ3v) is 20.9. The molecule has 0 saturated carbocycles. The third-order valence-electron chi connectivity index (χ3n) is 10.3. The molecule has 0 aliphatic heterocycles. The average Bonchev–Trinajstić information content (AvgIpc) is 2.99. The number of unbranched alkanes of at least 4 members (excludes halogenated alkanes) is 11. The molecule has 0 spiro atoms. The van der Waals surface area contributed by atoms with E-state index in [2.05, 4.69) is 27.3 Å². The van der Waals surface area contributed by atoms with Crippen LogP contribution in [0.4, 0.5) is 26.3 Å². The maximum Gasteiger partial charge on any atom is 0.256 e. The first-order valence-corrected chi connectivity index (χ1v) is 22.9. The highest BCUT2D eigenvalue weighted by Crippen LogP contribution is 2.47. The fourth-order valence-corrected chi connectivity index (χ4v) is 13.2. The van der Waals surface area contributed by atoms with Gasteiger partial charge >= 0.3 is 0 Å². The molecule has 0 bridgehead atoms. The summed E-state index contributed by atoms with van der Waals surface area (Å²) in [6.07, 6.45) is 13.8. The number of rotatable bonds is 21. The molecule has 1 nitrogen and oxygen atoms in total. The van der Waals surface area contributed by atoms with E-state index in [0.29, 0.717) is 12.1 Å². The van der Waals surface area contributed by atoms with Crippen molar-refractivity contribution in [3.05, 3.63) is 41.0 Å². The Morgan fingerprint density at radius 3 is 1.49 bits per heavy atom. The van der Waals surface area contributed by atoms with Crippen LogP contribution in [0.1, 0.15) is 125 Å². The number of fused-ring (bicyclic) bond motifs is 1. The zero-order chi connectivity index (χ0) is 33.8. The van der Waals surface area contributed by atoms with Crippen molar-refractivity contribution in [2.45, 2.75) is 167 Å². The molecule has 1 unspecified atom stereocenters. The molecular weight excluding hydrogens is 619 g/mol. The van der Waals surface area contributed by atoms with Crippen LogP contribution >= 0.6 is 0 Å². The van der Waals surface area contributed by atoms with Gasteiger partial charge in [-0.3, -0.25) is 0 Å². The molecule has 0 N–H and O–H groups in total. The van der Waals surface area contributed by atoms with E-state index in [4.69, 9.17) is 4.43 Å². The summed E-state index contributed by atoms with van der Waals surface area (Å²) in [5.74, 6) is -11.5. The molecule has 2 rings (SSSR count). The van der Waals surface area contributed by atoms with Gasteiger partial charge in [0, 0.05) is 8.07 Å². The minimum absolute atomic E-state index is 0.506. The van der Waals surface area contributed by atoms with Gasteiger partial charge in [-0.1, -0.05) is 150 Å². The van der Waals surface area contributed by atoms with Gasteiger partial charge in [-0.15, -0.1) is 0 Å². The van der Waals surface area contributed by atoms with Gasteiger partial charge in [0.2, 0.25) is 5.82 Å². The lowest BCUT2D eigenvalue weighted by molar-refractivity contribution is 0.390. The van der Waals surface area contributed by atoms with Crippen LogP contribution in [0.5, 0.6) is 5.75 Å². The maximum absolute atomic E-state index is 15.8. The molecular formula is C36H57F6OSi2. The quantitative estimate of drug-likeness (QED) is 0.0554. The Morgan fingerprint density at radius 2 is 1.02 bits per heavy atom. The van der Waals surface area contributed by atoms with Crippen molar-refractivity contribution >= 4 is 27.2 Å². The summed E-state index contributed by atoms with van der Waals surface area (Å²) in [5.41, 5.74) is 0. The largest absolute Gasteiger partial charge is 0.539 e. The molecule has 0 aliphatic carbocycles. The van der Waals surface area contributed by atoms with Gasteiger partial charge in [0.15, 0.2) is 29.0 Å². The molecule has 0 fully saturated rings. The van der Waals surface area contributed by atoms with E-state index < -0.39 is 72.9 Å². The summed E-state index contributed by atoms with van der Waals surface area (Å²) >= 11 is 0. The Morgan fingerprint density at radius 1 is 0.556 bits per heavy atom. The Labute approximate surface area is 271 Å². The fraction of sp³-hybridized carbons (Fsp3) is 0.722. The van der Waals surface area contributed by atoms with E-state index >= 15 is 13.2 Å². The van der Waals surface area contributed by atoms with Crippen molar-refractivity contribution in [1.29, 1.82) is 0 Å². The standard InChI is InChI=1S/C36H57F6OSi2/c1-8-11-12-13-14-18-21-24-45(36(4,5)6,25-22-19-16-15-17-20-23-44(7,9-2)10-3)43-35-33(41)30-29(32(40)34(35)42)27(37)26-28(38)31(30)39/h8-25H2,1-7H3. The van der Waals surface area contributed by atoms with Crippen LogP contribution in [0.15, 0.2) is 0 Å². The van der Waals surface area contributed by atoms with Crippen LogP contribution in [0, 0.1) is 41.0 Å². The van der Waals surface area contributed by atoms with Gasteiger partial charge in [0.25, 0.3) is 8.32 Å². The first-order valence-electron chi connectivity index (χ1n) is 17.4. The second-order valence-corrected chi connectivity index (χ2v) is 24.7. The molecule has 0 aliphatic rings. The highest BCUT2D eigenvalue weighted by atomic mass is 28.4. The molecule has 257 valence electrons. The topological polar surface area (TPSA) is 9.23 Å².